The van der Waals surface area contributed by atoms with Gasteiger partial charge in [-0.05, 0) is 18.4 Å². The van der Waals surface area contributed by atoms with E-state index < -0.39 is 15.7 Å². The van der Waals surface area contributed by atoms with Gasteiger partial charge in [-0.15, -0.1) is 0 Å². The fourth-order valence-electron chi connectivity index (χ4n) is 2.82. The molecule has 0 aliphatic carbocycles. The van der Waals surface area contributed by atoms with E-state index in [1.165, 1.54) is 7.05 Å². The van der Waals surface area contributed by atoms with Crippen molar-refractivity contribution in [2.45, 2.75) is 6.42 Å². The van der Waals surface area contributed by atoms with Gasteiger partial charge in [0.2, 0.25) is 0 Å². The summed E-state index contributed by atoms with van der Waals surface area (Å²) in [5.74, 6) is -0.188. The number of hydrogen-bond donors (Lipinski definition) is 1. The summed E-state index contributed by atoms with van der Waals surface area (Å²) in [6.07, 6.45) is 0.560. The first kappa shape index (κ1) is 15.7. The summed E-state index contributed by atoms with van der Waals surface area (Å²) >= 11 is 0. The van der Waals surface area contributed by atoms with E-state index in [-0.39, 0.29) is 35.2 Å². The number of benzene rings is 1. The number of carbonyl (C=O) groups is 1. The zero-order valence-electron chi connectivity index (χ0n) is 12.7. The van der Waals surface area contributed by atoms with E-state index in [9.17, 15) is 18.0 Å². The van der Waals surface area contributed by atoms with Gasteiger partial charge in [0.15, 0.2) is 15.5 Å². The minimum atomic E-state index is -2.97. The van der Waals surface area contributed by atoms with Gasteiger partial charge in [0, 0.05) is 19.0 Å². The van der Waals surface area contributed by atoms with Gasteiger partial charge in [0.05, 0.1) is 16.9 Å². The Balaban J connectivity index is 1.84. The van der Waals surface area contributed by atoms with Crippen LogP contribution in [0, 0.1) is 5.92 Å². The van der Waals surface area contributed by atoms with E-state index in [0.717, 1.165) is 4.68 Å². The molecule has 1 fully saturated rings. The van der Waals surface area contributed by atoms with Gasteiger partial charge in [-0.1, -0.05) is 18.2 Å². The molecule has 122 valence electrons. The molecule has 0 saturated carbocycles. The van der Waals surface area contributed by atoms with E-state index >= 15 is 0 Å². The van der Waals surface area contributed by atoms with Crippen molar-refractivity contribution in [3.05, 3.63) is 40.3 Å². The van der Waals surface area contributed by atoms with Crippen LogP contribution in [-0.4, -0.2) is 42.2 Å². The van der Waals surface area contributed by atoms with Gasteiger partial charge < -0.3 is 5.32 Å². The zero-order chi connectivity index (χ0) is 16.6. The molecule has 1 N–H and O–H groups in total. The molecular formula is C15H17N3O4S. The van der Waals surface area contributed by atoms with E-state index in [1.807, 2.05) is 0 Å². The lowest BCUT2D eigenvalue weighted by molar-refractivity contribution is 0.0943. The Kier molecular flexibility index (Phi) is 3.93. The maximum absolute atomic E-state index is 12.4. The summed E-state index contributed by atoms with van der Waals surface area (Å²) < 4.78 is 24.0. The van der Waals surface area contributed by atoms with E-state index in [2.05, 4.69) is 10.4 Å². The number of aryl methyl sites for hydroxylation is 1. The van der Waals surface area contributed by atoms with E-state index in [0.29, 0.717) is 17.2 Å². The van der Waals surface area contributed by atoms with E-state index in [1.54, 1.807) is 24.3 Å². The number of rotatable bonds is 3. The standard InChI is InChI=1S/C15H17N3O4S/c1-18-15(20)12-5-3-2-4-11(12)13(17-18)14(19)16-8-10-6-7-23(21,22)9-10/h2-5,10H,6-9H2,1H3,(H,16,19)/t10-/m0/s1. The molecule has 1 aromatic carbocycles. The zero-order valence-corrected chi connectivity index (χ0v) is 13.5. The lowest BCUT2D eigenvalue weighted by atomic mass is 10.1. The number of carbonyl (C=O) groups excluding carboxylic acids is 1. The Hall–Kier alpha value is -2.22. The number of sulfone groups is 1. The number of fused-ring (bicyclic) bond motifs is 1. The van der Waals surface area contributed by atoms with Crippen molar-refractivity contribution in [2.75, 3.05) is 18.1 Å². The fourth-order valence-corrected chi connectivity index (χ4v) is 4.68. The van der Waals surface area contributed by atoms with Crippen molar-refractivity contribution in [3.8, 4) is 0 Å². The number of nitrogens with one attached hydrogen (secondary N) is 1. The summed E-state index contributed by atoms with van der Waals surface area (Å²) in [6.45, 7) is 0.289. The van der Waals surface area contributed by atoms with Crippen molar-refractivity contribution in [1.82, 2.24) is 15.1 Å². The summed E-state index contributed by atoms with van der Waals surface area (Å²) in [5.41, 5.74) is -0.0948. The van der Waals surface area contributed by atoms with Crippen LogP contribution in [0.1, 0.15) is 16.9 Å². The van der Waals surface area contributed by atoms with Gasteiger partial charge in [0.25, 0.3) is 11.5 Å². The Morgan fingerprint density at radius 3 is 2.70 bits per heavy atom. The molecule has 3 rings (SSSR count). The van der Waals surface area contributed by atoms with Gasteiger partial charge in [-0.25, -0.2) is 13.1 Å². The van der Waals surface area contributed by atoms with Gasteiger partial charge in [0.1, 0.15) is 0 Å². The molecular weight excluding hydrogens is 318 g/mol. The minimum absolute atomic E-state index is 0.0669. The van der Waals surface area contributed by atoms with Crippen LogP contribution in [0.2, 0.25) is 0 Å². The van der Waals surface area contributed by atoms with Crippen molar-refractivity contribution >= 4 is 26.5 Å². The summed E-state index contributed by atoms with van der Waals surface area (Å²) in [6, 6.07) is 6.80. The maximum Gasteiger partial charge on any atom is 0.274 e. The van der Waals surface area contributed by atoms with Crippen molar-refractivity contribution in [2.24, 2.45) is 13.0 Å². The molecule has 1 aromatic heterocycles. The second kappa shape index (κ2) is 5.77. The number of aromatic nitrogens is 2. The molecule has 0 unspecified atom stereocenters. The minimum Gasteiger partial charge on any atom is -0.350 e. The largest absolute Gasteiger partial charge is 0.350 e. The molecule has 0 bridgehead atoms. The normalized spacial score (nSPS) is 19.8. The van der Waals surface area contributed by atoms with E-state index in [4.69, 9.17) is 0 Å². The Labute approximate surface area is 133 Å². The molecule has 2 heterocycles. The van der Waals surface area contributed by atoms with Gasteiger partial charge in [-0.2, -0.15) is 5.10 Å². The van der Waals surface area contributed by atoms with Crippen LogP contribution in [0.5, 0.6) is 0 Å². The summed E-state index contributed by atoms with van der Waals surface area (Å²) in [5, 5.41) is 7.71. The summed E-state index contributed by atoms with van der Waals surface area (Å²) in [7, 11) is -1.47. The Bertz CT molecular complexity index is 933. The third-order valence-corrected chi connectivity index (χ3v) is 5.89. The molecule has 7 nitrogen and oxygen atoms in total. The second-order valence-electron chi connectivity index (χ2n) is 5.80. The fraction of sp³-hybridized carbons (Fsp3) is 0.400. The van der Waals surface area contributed by atoms with Crippen molar-refractivity contribution < 1.29 is 13.2 Å². The first-order chi connectivity index (χ1) is 10.9. The van der Waals surface area contributed by atoms with Crippen molar-refractivity contribution in [3.63, 3.8) is 0 Å². The predicted molar refractivity (Wildman–Crippen MR) is 86.1 cm³/mol. The van der Waals surface area contributed by atoms with Crippen LogP contribution < -0.4 is 10.9 Å². The highest BCUT2D eigenvalue weighted by molar-refractivity contribution is 7.91. The topological polar surface area (TPSA) is 98.1 Å². The number of hydrogen-bond acceptors (Lipinski definition) is 5. The monoisotopic (exact) mass is 335 g/mol. The van der Waals surface area contributed by atoms with Crippen LogP contribution in [0.15, 0.2) is 29.1 Å². The van der Waals surface area contributed by atoms with Crippen LogP contribution >= 0.6 is 0 Å². The summed E-state index contributed by atoms with van der Waals surface area (Å²) in [4.78, 5) is 24.4. The smallest absolute Gasteiger partial charge is 0.274 e. The van der Waals surface area contributed by atoms with Crippen LogP contribution in [-0.2, 0) is 16.9 Å². The highest BCUT2D eigenvalue weighted by Gasteiger charge is 2.28. The highest BCUT2D eigenvalue weighted by atomic mass is 32.2. The highest BCUT2D eigenvalue weighted by Crippen LogP contribution is 2.18. The Morgan fingerprint density at radius 1 is 1.35 bits per heavy atom. The average molecular weight is 335 g/mol. The number of amides is 1. The Morgan fingerprint density at radius 2 is 2.04 bits per heavy atom. The maximum atomic E-state index is 12.4. The third-order valence-electron chi connectivity index (χ3n) is 4.05. The first-order valence-corrected chi connectivity index (χ1v) is 9.14. The van der Waals surface area contributed by atoms with Crippen molar-refractivity contribution in [1.29, 1.82) is 0 Å². The molecule has 1 saturated heterocycles. The SMILES string of the molecule is Cn1nc(C(=O)NC[C@@H]2CCS(=O)(=O)C2)c2ccccc2c1=O. The molecule has 1 aliphatic heterocycles. The quantitative estimate of drug-likeness (QED) is 0.858. The predicted octanol–water partition coefficient (Wildman–Crippen LogP) is 0.0980. The number of nitrogens with zero attached hydrogens (tertiary/aromatic N) is 2. The third kappa shape index (κ3) is 3.12. The molecule has 0 radical (unpaired) electrons. The molecule has 1 amide bonds. The first-order valence-electron chi connectivity index (χ1n) is 7.32. The van der Waals surface area contributed by atoms with Crippen LogP contribution in [0.3, 0.4) is 0 Å². The molecule has 1 aliphatic rings. The lowest BCUT2D eigenvalue weighted by Crippen LogP contribution is -2.33. The lowest BCUT2D eigenvalue weighted by Gasteiger charge is -2.11. The van der Waals surface area contributed by atoms with Gasteiger partial charge in [-0.3, -0.25) is 9.59 Å². The molecule has 2 aromatic rings. The average Bonchev–Trinajstić information content (AvgIpc) is 2.88. The second-order valence-corrected chi connectivity index (χ2v) is 8.03. The van der Waals surface area contributed by atoms with Crippen LogP contribution in [0.25, 0.3) is 10.8 Å². The molecule has 23 heavy (non-hydrogen) atoms. The molecule has 0 spiro atoms. The van der Waals surface area contributed by atoms with Gasteiger partial charge >= 0.3 is 0 Å². The molecule has 1 atom stereocenters. The van der Waals surface area contributed by atoms with Crippen LogP contribution in [0.4, 0.5) is 0 Å². The molecule has 8 heteroatoms.